The molecule has 7 heteroatoms. The Morgan fingerprint density at radius 3 is 2.30 bits per heavy atom. The number of nitro benzene ring substituents is 1. The van der Waals surface area contributed by atoms with Crippen molar-refractivity contribution in [1.82, 2.24) is 0 Å². The second-order valence-corrected chi connectivity index (χ2v) is 4.83. The van der Waals surface area contributed by atoms with Crippen LogP contribution < -0.4 is 4.74 Å². The second-order valence-electron chi connectivity index (χ2n) is 4.83. The number of nitrogens with zero attached hydrogens (tertiary/aromatic N) is 1. The summed E-state index contributed by atoms with van der Waals surface area (Å²) in [6.07, 6.45) is 0.185. The van der Waals surface area contributed by atoms with Crippen molar-refractivity contribution in [2.24, 2.45) is 0 Å². The first kappa shape index (κ1) is 16.4. The minimum absolute atomic E-state index is 0.0968. The molecule has 6 nitrogen and oxygen atoms in total. The fraction of sp³-hybridized carbons (Fsp3) is 0.188. The molecule has 0 aromatic heterocycles. The molecular formula is C16H14FNO5. The predicted molar refractivity (Wildman–Crippen MR) is 80.0 cm³/mol. The number of carbonyl (C=O) groups is 1. The normalized spacial score (nSPS) is 11.7. The molecule has 0 fully saturated rings. The molecule has 0 heterocycles. The summed E-state index contributed by atoms with van der Waals surface area (Å²) in [4.78, 5) is 21.4. The zero-order valence-corrected chi connectivity index (χ0v) is 12.0. The molecule has 1 unspecified atom stereocenters. The minimum atomic E-state index is -1.04. The Kier molecular flexibility index (Phi) is 5.24. The average molecular weight is 319 g/mol. The molecule has 1 N–H and O–H groups in total. The molecule has 0 aliphatic heterocycles. The number of aliphatic carboxylic acids is 1. The number of benzene rings is 2. The fourth-order valence-corrected chi connectivity index (χ4v) is 2.09. The first-order chi connectivity index (χ1) is 11.0. The number of halogens is 1. The highest BCUT2D eigenvalue weighted by Crippen LogP contribution is 2.23. The van der Waals surface area contributed by atoms with Gasteiger partial charge in [-0.05, 0) is 36.2 Å². The maximum atomic E-state index is 12.8. The number of carboxylic acids is 1. The van der Waals surface area contributed by atoms with E-state index in [9.17, 15) is 24.4 Å². The molecule has 23 heavy (non-hydrogen) atoms. The zero-order chi connectivity index (χ0) is 16.8. The van der Waals surface area contributed by atoms with Gasteiger partial charge < -0.3 is 9.84 Å². The van der Waals surface area contributed by atoms with Crippen LogP contribution in [-0.4, -0.2) is 22.6 Å². The lowest BCUT2D eigenvalue weighted by atomic mass is 9.96. The predicted octanol–water partition coefficient (Wildman–Crippen LogP) is 3.37. The van der Waals surface area contributed by atoms with Crippen LogP contribution in [0.4, 0.5) is 10.1 Å². The van der Waals surface area contributed by atoms with Crippen LogP contribution in [0.1, 0.15) is 17.9 Å². The van der Waals surface area contributed by atoms with Gasteiger partial charge in [-0.2, -0.15) is 0 Å². The Morgan fingerprint density at radius 1 is 1.17 bits per heavy atom. The van der Waals surface area contributed by atoms with Crippen molar-refractivity contribution in [3.05, 3.63) is 70.0 Å². The quantitative estimate of drug-likeness (QED) is 0.624. The monoisotopic (exact) mass is 319 g/mol. The van der Waals surface area contributed by atoms with E-state index in [1.165, 1.54) is 48.5 Å². The second kappa shape index (κ2) is 7.35. The Morgan fingerprint density at radius 2 is 1.78 bits per heavy atom. The molecule has 1 atom stereocenters. The van der Waals surface area contributed by atoms with E-state index in [1.54, 1.807) is 0 Å². The summed E-state index contributed by atoms with van der Waals surface area (Å²) < 4.78 is 18.2. The molecule has 2 aromatic rings. The van der Waals surface area contributed by atoms with Gasteiger partial charge in [0.15, 0.2) is 0 Å². The van der Waals surface area contributed by atoms with Gasteiger partial charge >= 0.3 is 5.97 Å². The van der Waals surface area contributed by atoms with Crippen LogP contribution in [0.5, 0.6) is 5.75 Å². The number of hydrogen-bond acceptors (Lipinski definition) is 4. The molecule has 0 aliphatic carbocycles. The number of hydrogen-bond donors (Lipinski definition) is 1. The van der Waals surface area contributed by atoms with Gasteiger partial charge in [0.1, 0.15) is 11.6 Å². The maximum absolute atomic E-state index is 12.8. The van der Waals surface area contributed by atoms with Gasteiger partial charge in [0.2, 0.25) is 0 Å². The summed E-state index contributed by atoms with van der Waals surface area (Å²) >= 11 is 0. The maximum Gasteiger partial charge on any atom is 0.311 e. The zero-order valence-electron chi connectivity index (χ0n) is 12.0. The smallest absolute Gasteiger partial charge is 0.311 e. The molecule has 0 saturated carbocycles. The largest absolute Gasteiger partial charge is 0.494 e. The lowest BCUT2D eigenvalue weighted by molar-refractivity contribution is -0.384. The van der Waals surface area contributed by atoms with E-state index in [0.29, 0.717) is 11.3 Å². The molecule has 0 amide bonds. The number of ether oxygens (including phenoxy) is 1. The Balaban J connectivity index is 1.99. The summed E-state index contributed by atoms with van der Waals surface area (Å²) in [5.74, 6) is -1.82. The summed E-state index contributed by atoms with van der Waals surface area (Å²) in [6.45, 7) is 0.125. The lowest BCUT2D eigenvalue weighted by Crippen LogP contribution is -2.15. The highest BCUT2D eigenvalue weighted by Gasteiger charge is 2.20. The van der Waals surface area contributed by atoms with Gasteiger partial charge in [0.05, 0.1) is 17.4 Å². The van der Waals surface area contributed by atoms with E-state index in [1.807, 2.05) is 0 Å². The summed E-state index contributed by atoms with van der Waals surface area (Å²) in [7, 11) is 0. The van der Waals surface area contributed by atoms with E-state index in [4.69, 9.17) is 4.74 Å². The molecule has 0 spiro atoms. The average Bonchev–Trinajstić information content (AvgIpc) is 2.53. The van der Waals surface area contributed by atoms with Crippen molar-refractivity contribution < 1.29 is 24.0 Å². The number of carboxylic acid groups (broad SMARTS) is 1. The van der Waals surface area contributed by atoms with Crippen LogP contribution in [0.25, 0.3) is 0 Å². The Bertz CT molecular complexity index is 685. The highest BCUT2D eigenvalue weighted by atomic mass is 19.1. The van der Waals surface area contributed by atoms with Crippen LogP contribution in [-0.2, 0) is 4.79 Å². The van der Waals surface area contributed by atoms with Crippen LogP contribution in [0.15, 0.2) is 48.5 Å². The minimum Gasteiger partial charge on any atom is -0.494 e. The van der Waals surface area contributed by atoms with Gasteiger partial charge in [0, 0.05) is 12.1 Å². The molecule has 0 radical (unpaired) electrons. The van der Waals surface area contributed by atoms with E-state index in [-0.39, 0.29) is 24.5 Å². The van der Waals surface area contributed by atoms with Gasteiger partial charge in [-0.3, -0.25) is 14.9 Å². The van der Waals surface area contributed by atoms with Gasteiger partial charge in [0.25, 0.3) is 5.69 Å². The van der Waals surface area contributed by atoms with E-state index in [0.717, 1.165) is 0 Å². The number of nitro groups is 1. The molecule has 2 rings (SSSR count). The molecular weight excluding hydrogens is 305 g/mol. The van der Waals surface area contributed by atoms with Crippen molar-refractivity contribution in [3.8, 4) is 5.75 Å². The number of rotatable bonds is 7. The van der Waals surface area contributed by atoms with E-state index >= 15 is 0 Å². The van der Waals surface area contributed by atoms with Crippen molar-refractivity contribution >= 4 is 11.7 Å². The molecule has 120 valence electrons. The third kappa shape index (κ3) is 4.50. The third-order valence-electron chi connectivity index (χ3n) is 3.29. The summed E-state index contributed by atoms with van der Waals surface area (Å²) in [5, 5.41) is 19.9. The molecule has 0 bridgehead atoms. The van der Waals surface area contributed by atoms with Crippen molar-refractivity contribution in [2.75, 3.05) is 6.61 Å². The first-order valence-corrected chi connectivity index (χ1v) is 6.83. The van der Waals surface area contributed by atoms with Gasteiger partial charge in [-0.15, -0.1) is 0 Å². The van der Waals surface area contributed by atoms with Crippen LogP contribution in [0, 0.1) is 15.9 Å². The fourth-order valence-electron chi connectivity index (χ4n) is 2.09. The number of non-ortho nitro benzene ring substituents is 1. The van der Waals surface area contributed by atoms with E-state index < -0.39 is 16.8 Å². The van der Waals surface area contributed by atoms with Crippen LogP contribution in [0.3, 0.4) is 0 Å². The van der Waals surface area contributed by atoms with Crippen LogP contribution in [0.2, 0.25) is 0 Å². The SMILES string of the molecule is O=C(O)C(CCOc1ccc(F)cc1)c1ccc([N+](=O)[O-])cc1. The molecule has 0 aliphatic rings. The summed E-state index contributed by atoms with van der Waals surface area (Å²) in [5.41, 5.74) is 0.367. The molecule has 2 aromatic carbocycles. The van der Waals surface area contributed by atoms with Crippen molar-refractivity contribution in [2.45, 2.75) is 12.3 Å². The van der Waals surface area contributed by atoms with Crippen molar-refractivity contribution in [3.63, 3.8) is 0 Å². The van der Waals surface area contributed by atoms with Gasteiger partial charge in [-0.1, -0.05) is 12.1 Å². The molecule has 0 saturated heterocycles. The topological polar surface area (TPSA) is 89.7 Å². The van der Waals surface area contributed by atoms with Crippen molar-refractivity contribution in [1.29, 1.82) is 0 Å². The third-order valence-corrected chi connectivity index (χ3v) is 3.29. The Hall–Kier alpha value is -2.96. The Labute approximate surface area is 131 Å². The first-order valence-electron chi connectivity index (χ1n) is 6.83. The van der Waals surface area contributed by atoms with E-state index in [2.05, 4.69) is 0 Å². The van der Waals surface area contributed by atoms with Crippen LogP contribution >= 0.6 is 0 Å². The highest BCUT2D eigenvalue weighted by molar-refractivity contribution is 5.76. The van der Waals surface area contributed by atoms with Gasteiger partial charge in [-0.25, -0.2) is 4.39 Å². The lowest BCUT2D eigenvalue weighted by Gasteiger charge is -2.13. The standard InChI is InChI=1S/C16H14FNO5/c17-12-3-7-14(8-4-12)23-10-9-15(16(19)20)11-1-5-13(6-2-11)18(21)22/h1-8,15H,9-10H2,(H,19,20). The summed E-state index contributed by atoms with van der Waals surface area (Å²) in [6, 6.07) is 10.8.